The number of methoxy groups -OCH3 is 2. The Kier molecular flexibility index (Phi) is 6.61. The predicted octanol–water partition coefficient (Wildman–Crippen LogP) is 1.12. The monoisotopic (exact) mass is 411 g/mol. The summed E-state index contributed by atoms with van der Waals surface area (Å²) in [4.78, 5) is 7.83. The second-order valence-corrected chi connectivity index (χ2v) is 9.16. The summed E-state index contributed by atoms with van der Waals surface area (Å²) in [5, 5.41) is 0.921. The van der Waals surface area contributed by atoms with E-state index < -0.39 is 21.3 Å². The van der Waals surface area contributed by atoms with E-state index >= 15 is 0 Å². The molecule has 2 fully saturated rings. The summed E-state index contributed by atoms with van der Waals surface area (Å²) in [6.07, 6.45) is 1.84. The van der Waals surface area contributed by atoms with Crippen LogP contribution in [-0.4, -0.2) is 88.5 Å². The number of sulfonamides is 1. The average Bonchev–Trinajstić information content (AvgIpc) is 3.10. The van der Waals surface area contributed by atoms with Gasteiger partial charge in [-0.25, -0.2) is 8.42 Å². The van der Waals surface area contributed by atoms with E-state index in [4.69, 9.17) is 14.3 Å². The van der Waals surface area contributed by atoms with Crippen LogP contribution in [0.4, 0.5) is 0 Å². The van der Waals surface area contributed by atoms with Crippen molar-refractivity contribution < 1.29 is 22.7 Å². The van der Waals surface area contributed by atoms with Crippen LogP contribution >= 0.6 is 0 Å². The number of hydrogen-bond acceptors (Lipinski definition) is 7. The maximum atomic E-state index is 13.4. The minimum atomic E-state index is -3.54. The van der Waals surface area contributed by atoms with Crippen LogP contribution in [0.2, 0.25) is 0 Å². The van der Waals surface area contributed by atoms with Crippen molar-refractivity contribution in [1.82, 2.24) is 14.3 Å². The Labute approximate surface area is 167 Å². The predicted molar refractivity (Wildman–Crippen MR) is 107 cm³/mol. The van der Waals surface area contributed by atoms with E-state index in [0.29, 0.717) is 37.7 Å². The van der Waals surface area contributed by atoms with Crippen LogP contribution in [0.25, 0.3) is 0 Å². The molecule has 0 bridgehead atoms. The molecule has 0 aromatic heterocycles. The summed E-state index contributed by atoms with van der Waals surface area (Å²) < 4.78 is 39.1. The van der Waals surface area contributed by atoms with Crippen molar-refractivity contribution in [3.05, 3.63) is 36.4 Å². The zero-order valence-electron chi connectivity index (χ0n) is 16.7. The van der Waals surface area contributed by atoms with Gasteiger partial charge >= 0.3 is 0 Å². The molecule has 0 saturated carbocycles. The van der Waals surface area contributed by atoms with E-state index in [1.807, 2.05) is 18.2 Å². The number of ether oxygens (including phenoxy) is 2. The van der Waals surface area contributed by atoms with Gasteiger partial charge in [-0.2, -0.15) is 9.37 Å². The summed E-state index contributed by atoms with van der Waals surface area (Å²) in [5.41, 5.74) is 0.787. The Balaban J connectivity index is 1.86. The van der Waals surface area contributed by atoms with Crippen LogP contribution in [0.5, 0.6) is 11.5 Å². The highest BCUT2D eigenvalue weighted by Crippen LogP contribution is 2.38. The molecule has 0 amide bonds. The van der Waals surface area contributed by atoms with E-state index in [1.54, 1.807) is 36.7 Å². The van der Waals surface area contributed by atoms with Crippen LogP contribution < -0.4 is 9.47 Å². The smallest absolute Gasteiger partial charge is 0.221 e. The van der Waals surface area contributed by atoms with Gasteiger partial charge in [0.1, 0.15) is 16.7 Å². The molecule has 0 N–H and O–H groups in total. The van der Waals surface area contributed by atoms with E-state index in [-0.39, 0.29) is 6.61 Å². The van der Waals surface area contributed by atoms with Gasteiger partial charge in [-0.1, -0.05) is 6.08 Å². The van der Waals surface area contributed by atoms with Gasteiger partial charge in [-0.05, 0) is 17.7 Å². The lowest BCUT2D eigenvalue weighted by atomic mass is 10.0. The lowest BCUT2D eigenvalue weighted by molar-refractivity contribution is -0.110. The molecule has 3 rings (SSSR count). The SMILES string of the molecule is C=CCN1CCN(S(=O)(=O)C2CON(C)C2c2cc(OC)cc(OC)c2)CC1. The van der Waals surface area contributed by atoms with Crippen LogP contribution in [-0.2, 0) is 14.9 Å². The molecular weight excluding hydrogens is 382 g/mol. The molecule has 2 saturated heterocycles. The fourth-order valence-electron chi connectivity index (χ4n) is 3.81. The summed E-state index contributed by atoms with van der Waals surface area (Å²) in [5.74, 6) is 1.23. The van der Waals surface area contributed by atoms with Crippen molar-refractivity contribution in [2.24, 2.45) is 0 Å². The molecular formula is C19H29N3O5S. The van der Waals surface area contributed by atoms with Gasteiger partial charge in [0.2, 0.25) is 10.0 Å². The number of rotatable bonds is 7. The standard InChI is InChI=1S/C19H29N3O5S/c1-5-6-21-7-9-22(10-8-21)28(23,24)18-14-27-20(2)19(18)15-11-16(25-3)13-17(12-15)26-4/h5,11-13,18-19H,1,6-10,14H2,2-4H3. The molecule has 8 nitrogen and oxygen atoms in total. The van der Waals surface area contributed by atoms with Crippen molar-refractivity contribution in [2.75, 3.05) is 60.6 Å². The minimum Gasteiger partial charge on any atom is -0.497 e. The molecule has 1 aromatic rings. The fraction of sp³-hybridized carbons (Fsp3) is 0.579. The van der Waals surface area contributed by atoms with Gasteiger partial charge in [-0.3, -0.25) is 9.74 Å². The van der Waals surface area contributed by atoms with Gasteiger partial charge in [0.25, 0.3) is 0 Å². The Morgan fingerprint density at radius 1 is 1.14 bits per heavy atom. The maximum absolute atomic E-state index is 13.4. The molecule has 1 aromatic carbocycles. The second-order valence-electron chi connectivity index (χ2n) is 7.00. The molecule has 2 atom stereocenters. The molecule has 0 aliphatic carbocycles. The molecule has 9 heteroatoms. The lowest BCUT2D eigenvalue weighted by Gasteiger charge is -2.35. The number of hydroxylamine groups is 2. The highest BCUT2D eigenvalue weighted by atomic mass is 32.2. The summed E-state index contributed by atoms with van der Waals surface area (Å²) >= 11 is 0. The van der Waals surface area contributed by atoms with Crippen LogP contribution in [0, 0.1) is 0 Å². The third kappa shape index (κ3) is 4.18. The number of benzene rings is 1. The molecule has 2 unspecified atom stereocenters. The van der Waals surface area contributed by atoms with Crippen LogP contribution in [0.15, 0.2) is 30.9 Å². The normalized spacial score (nSPS) is 25.0. The molecule has 2 aliphatic heterocycles. The summed E-state index contributed by atoms with van der Waals surface area (Å²) in [6, 6.07) is 4.99. The number of nitrogens with zero attached hydrogens (tertiary/aromatic N) is 3. The van der Waals surface area contributed by atoms with Gasteiger partial charge in [0.05, 0.1) is 26.9 Å². The largest absolute Gasteiger partial charge is 0.497 e. The first-order valence-electron chi connectivity index (χ1n) is 9.31. The number of hydrogen-bond donors (Lipinski definition) is 0. The Morgan fingerprint density at radius 3 is 2.29 bits per heavy atom. The van der Waals surface area contributed by atoms with E-state index in [9.17, 15) is 8.42 Å². The summed E-state index contributed by atoms with van der Waals surface area (Å²) in [7, 11) is 1.37. The van der Waals surface area contributed by atoms with Crippen molar-refractivity contribution in [3.63, 3.8) is 0 Å². The molecule has 28 heavy (non-hydrogen) atoms. The Bertz CT molecular complexity index is 771. The molecule has 0 spiro atoms. The van der Waals surface area contributed by atoms with Crippen molar-refractivity contribution in [1.29, 1.82) is 0 Å². The van der Waals surface area contributed by atoms with Gasteiger partial charge < -0.3 is 9.47 Å². The third-order valence-corrected chi connectivity index (χ3v) is 7.61. The molecule has 2 aliphatic rings. The second kappa shape index (κ2) is 8.79. The van der Waals surface area contributed by atoms with Crippen LogP contribution in [0.1, 0.15) is 11.6 Å². The average molecular weight is 412 g/mol. The molecule has 156 valence electrons. The van der Waals surface area contributed by atoms with E-state index in [0.717, 1.165) is 12.1 Å². The fourth-order valence-corrected chi connectivity index (χ4v) is 5.75. The van der Waals surface area contributed by atoms with Gasteiger partial charge in [0, 0.05) is 45.8 Å². The van der Waals surface area contributed by atoms with E-state index in [1.165, 1.54) is 0 Å². The Hall–Kier alpha value is -1.65. The zero-order chi connectivity index (χ0) is 20.3. The van der Waals surface area contributed by atoms with Gasteiger partial charge in [-0.15, -0.1) is 6.58 Å². The number of piperazine rings is 1. The first-order valence-corrected chi connectivity index (χ1v) is 10.8. The topological polar surface area (TPSA) is 71.6 Å². The zero-order valence-corrected chi connectivity index (χ0v) is 17.5. The first kappa shape index (κ1) is 21.1. The quantitative estimate of drug-likeness (QED) is 0.623. The van der Waals surface area contributed by atoms with Crippen molar-refractivity contribution in [3.8, 4) is 11.5 Å². The molecule has 2 heterocycles. The lowest BCUT2D eigenvalue weighted by Crippen LogP contribution is -2.52. The summed E-state index contributed by atoms with van der Waals surface area (Å²) in [6.45, 7) is 7.00. The molecule has 0 radical (unpaired) electrons. The third-order valence-electron chi connectivity index (χ3n) is 5.36. The van der Waals surface area contributed by atoms with Crippen LogP contribution in [0.3, 0.4) is 0 Å². The van der Waals surface area contributed by atoms with Gasteiger partial charge in [0.15, 0.2) is 0 Å². The van der Waals surface area contributed by atoms with Crippen molar-refractivity contribution in [2.45, 2.75) is 11.3 Å². The van der Waals surface area contributed by atoms with E-state index in [2.05, 4.69) is 11.5 Å². The highest BCUT2D eigenvalue weighted by molar-refractivity contribution is 7.89. The maximum Gasteiger partial charge on any atom is 0.221 e. The minimum absolute atomic E-state index is 0.121. The first-order chi connectivity index (χ1) is 13.4. The highest BCUT2D eigenvalue weighted by Gasteiger charge is 2.46. The van der Waals surface area contributed by atoms with Crippen molar-refractivity contribution >= 4 is 10.0 Å². The Morgan fingerprint density at radius 2 is 1.75 bits per heavy atom.